The maximum atomic E-state index is 13.0. The van der Waals surface area contributed by atoms with Crippen LogP contribution in [-0.2, 0) is 14.8 Å². The molecule has 2 aromatic carbocycles. The smallest absolute Gasteiger partial charge is 0.243 e. The number of rotatable bonds is 6. The second-order valence-corrected chi connectivity index (χ2v) is 12.5. The Balaban J connectivity index is 1.55. The van der Waals surface area contributed by atoms with E-state index in [-0.39, 0.29) is 4.90 Å². The van der Waals surface area contributed by atoms with Crippen LogP contribution in [0, 0.1) is 13.8 Å². The number of morpholine rings is 1. The van der Waals surface area contributed by atoms with Crippen LogP contribution in [0.4, 0.5) is 5.69 Å². The molecule has 1 aliphatic heterocycles. The molecule has 3 heterocycles. The average molecular weight is 553 g/mol. The van der Waals surface area contributed by atoms with Crippen LogP contribution >= 0.6 is 22.7 Å². The topological polar surface area (TPSA) is 76.3 Å². The van der Waals surface area contributed by atoms with Crippen molar-refractivity contribution in [3.63, 3.8) is 0 Å². The van der Waals surface area contributed by atoms with E-state index in [1.54, 1.807) is 35.6 Å². The lowest BCUT2D eigenvalue weighted by molar-refractivity contribution is 0.0730. The van der Waals surface area contributed by atoms with E-state index in [4.69, 9.17) is 14.8 Å². The molecule has 7 nitrogen and oxygen atoms in total. The predicted octanol–water partition coefficient (Wildman–Crippen LogP) is 5.42. The Kier molecular flexibility index (Phi) is 7.55. The Labute approximate surface area is 225 Å². The molecule has 1 saturated heterocycles. The number of nitrogens with zero attached hydrogens (tertiary/aromatic N) is 4. The number of hydrogen-bond acceptors (Lipinski definition) is 7. The Morgan fingerprint density at radius 3 is 2.41 bits per heavy atom. The summed E-state index contributed by atoms with van der Waals surface area (Å²) < 4.78 is 34.6. The molecule has 0 atom stereocenters. The van der Waals surface area contributed by atoms with Gasteiger partial charge in [-0.2, -0.15) is 9.41 Å². The lowest BCUT2D eigenvalue weighted by Crippen LogP contribution is -2.40. The molecule has 0 N–H and O–H groups in total. The number of sulfonamides is 1. The first-order valence-corrected chi connectivity index (χ1v) is 15.1. The highest BCUT2D eigenvalue weighted by atomic mass is 32.2. The van der Waals surface area contributed by atoms with Crippen LogP contribution in [0.1, 0.15) is 22.9 Å². The normalized spacial score (nSPS) is 15.9. The summed E-state index contributed by atoms with van der Waals surface area (Å²) in [4.78, 5) is 6.90. The van der Waals surface area contributed by atoms with Crippen LogP contribution in [-0.4, -0.2) is 49.4 Å². The molecule has 5 rings (SSSR count). The van der Waals surface area contributed by atoms with Crippen molar-refractivity contribution < 1.29 is 13.2 Å². The highest BCUT2D eigenvalue weighted by molar-refractivity contribution is 7.89. The van der Waals surface area contributed by atoms with E-state index in [1.807, 2.05) is 23.0 Å². The van der Waals surface area contributed by atoms with Gasteiger partial charge in [-0.1, -0.05) is 18.2 Å². The van der Waals surface area contributed by atoms with Gasteiger partial charge in [0.1, 0.15) is 0 Å². The summed E-state index contributed by atoms with van der Waals surface area (Å²) in [5, 5.41) is 9.05. The SMILES string of the molecule is CC(=Nn1c(-c2ccc(C)c(C)c2)csc1=Nc1ccc(S(=O)(=O)N2CCOCC2)cc1)c1cccs1. The summed E-state index contributed by atoms with van der Waals surface area (Å²) in [5.74, 6) is 0. The molecule has 1 aliphatic rings. The summed E-state index contributed by atoms with van der Waals surface area (Å²) in [6.45, 7) is 7.77. The molecule has 0 aliphatic carbocycles. The zero-order chi connectivity index (χ0) is 26.0. The second kappa shape index (κ2) is 10.8. The molecule has 2 aromatic heterocycles. The van der Waals surface area contributed by atoms with Crippen LogP contribution < -0.4 is 4.80 Å². The predicted molar refractivity (Wildman–Crippen MR) is 150 cm³/mol. The van der Waals surface area contributed by atoms with Crippen molar-refractivity contribution in [2.75, 3.05) is 26.3 Å². The quantitative estimate of drug-likeness (QED) is 0.300. The van der Waals surface area contributed by atoms with E-state index in [1.165, 1.54) is 26.8 Å². The fourth-order valence-corrected chi connectivity index (χ4v) is 6.93. The van der Waals surface area contributed by atoms with E-state index >= 15 is 0 Å². The Bertz CT molecular complexity index is 1590. The molecule has 0 unspecified atom stereocenters. The first kappa shape index (κ1) is 25.7. The zero-order valence-electron chi connectivity index (χ0n) is 20.9. The second-order valence-electron chi connectivity index (χ2n) is 8.80. The van der Waals surface area contributed by atoms with Gasteiger partial charge in [-0.3, -0.25) is 0 Å². The Hall–Kier alpha value is -2.89. The Morgan fingerprint density at radius 2 is 1.73 bits per heavy atom. The molecule has 1 fully saturated rings. The van der Waals surface area contributed by atoms with Gasteiger partial charge in [-0.25, -0.2) is 18.1 Å². The van der Waals surface area contributed by atoms with Gasteiger partial charge in [0.2, 0.25) is 14.8 Å². The molecule has 10 heteroatoms. The summed E-state index contributed by atoms with van der Waals surface area (Å²) in [5.41, 5.74) is 6.02. The van der Waals surface area contributed by atoms with E-state index in [0.29, 0.717) is 36.8 Å². The van der Waals surface area contributed by atoms with Gasteiger partial charge in [0, 0.05) is 24.0 Å². The highest BCUT2D eigenvalue weighted by Crippen LogP contribution is 2.25. The van der Waals surface area contributed by atoms with Crippen molar-refractivity contribution >= 4 is 44.1 Å². The number of hydrogen-bond donors (Lipinski definition) is 0. The maximum absolute atomic E-state index is 13.0. The molecule has 192 valence electrons. The van der Waals surface area contributed by atoms with Crippen LogP contribution in [0.25, 0.3) is 11.3 Å². The van der Waals surface area contributed by atoms with Gasteiger partial charge >= 0.3 is 0 Å². The number of aryl methyl sites for hydroxylation is 2. The molecular weight excluding hydrogens is 525 g/mol. The number of thiazole rings is 1. The fraction of sp³-hybridized carbons (Fsp3) is 0.259. The summed E-state index contributed by atoms with van der Waals surface area (Å²) in [6, 6.07) is 17.2. The molecule has 0 amide bonds. The molecule has 37 heavy (non-hydrogen) atoms. The zero-order valence-corrected chi connectivity index (χ0v) is 23.4. The van der Waals surface area contributed by atoms with Crippen molar-refractivity contribution in [1.29, 1.82) is 0 Å². The molecular formula is C27H28N4O3S3. The monoisotopic (exact) mass is 552 g/mol. The first-order valence-electron chi connectivity index (χ1n) is 11.9. The summed E-state index contributed by atoms with van der Waals surface area (Å²) in [6.07, 6.45) is 0. The van der Waals surface area contributed by atoms with Gasteiger partial charge in [0.05, 0.1) is 40.1 Å². The number of ether oxygens (including phenoxy) is 1. The summed E-state index contributed by atoms with van der Waals surface area (Å²) in [7, 11) is -3.55. The van der Waals surface area contributed by atoms with Crippen LogP contribution in [0.15, 0.2) is 80.3 Å². The van der Waals surface area contributed by atoms with E-state index in [2.05, 4.69) is 43.5 Å². The van der Waals surface area contributed by atoms with Gasteiger partial charge < -0.3 is 4.74 Å². The van der Waals surface area contributed by atoms with Crippen molar-refractivity contribution in [1.82, 2.24) is 8.98 Å². The van der Waals surface area contributed by atoms with Crippen LogP contribution in [0.5, 0.6) is 0 Å². The average Bonchev–Trinajstić information content (AvgIpc) is 3.58. The molecule has 0 bridgehead atoms. The van der Waals surface area contributed by atoms with E-state index in [9.17, 15) is 8.42 Å². The standard InChI is InChI=1S/C27H28N4O3S3/c1-19-6-7-22(17-20(19)2)25-18-36-27(31(25)29-21(3)26-5-4-16-35-26)28-23-8-10-24(11-9-23)37(32,33)30-12-14-34-15-13-30/h4-11,16-18H,12-15H2,1-3H3. The lowest BCUT2D eigenvalue weighted by Gasteiger charge is -2.26. The molecule has 4 aromatic rings. The number of benzene rings is 2. The number of aromatic nitrogens is 1. The van der Waals surface area contributed by atoms with Gasteiger partial charge in [-0.05, 0) is 73.7 Å². The largest absolute Gasteiger partial charge is 0.379 e. The van der Waals surface area contributed by atoms with Gasteiger partial charge in [0.25, 0.3) is 0 Å². The third kappa shape index (κ3) is 5.53. The minimum absolute atomic E-state index is 0.259. The van der Waals surface area contributed by atoms with Crippen LogP contribution in [0.3, 0.4) is 0 Å². The minimum Gasteiger partial charge on any atom is -0.379 e. The summed E-state index contributed by atoms with van der Waals surface area (Å²) >= 11 is 3.14. The van der Waals surface area contributed by atoms with E-state index in [0.717, 1.165) is 21.8 Å². The molecule has 0 spiro atoms. The molecule has 0 radical (unpaired) electrons. The molecule has 0 saturated carbocycles. The van der Waals surface area contributed by atoms with E-state index < -0.39 is 10.0 Å². The van der Waals surface area contributed by atoms with Gasteiger partial charge in [0.15, 0.2) is 0 Å². The fourth-order valence-electron chi connectivity index (χ4n) is 4.00. The van der Waals surface area contributed by atoms with Gasteiger partial charge in [-0.15, -0.1) is 22.7 Å². The van der Waals surface area contributed by atoms with Crippen molar-refractivity contribution in [3.8, 4) is 11.3 Å². The van der Waals surface area contributed by atoms with Crippen molar-refractivity contribution in [2.24, 2.45) is 10.1 Å². The third-order valence-corrected chi connectivity index (χ3v) is 9.99. The highest BCUT2D eigenvalue weighted by Gasteiger charge is 2.26. The first-order chi connectivity index (χ1) is 17.8. The number of thiophene rings is 1. The minimum atomic E-state index is -3.55. The third-order valence-electron chi connectivity index (χ3n) is 6.29. The van der Waals surface area contributed by atoms with Crippen molar-refractivity contribution in [3.05, 3.63) is 86.2 Å². The van der Waals surface area contributed by atoms with Crippen molar-refractivity contribution in [2.45, 2.75) is 25.7 Å². The van der Waals surface area contributed by atoms with Crippen LogP contribution in [0.2, 0.25) is 0 Å². The lowest BCUT2D eigenvalue weighted by atomic mass is 10.1. The maximum Gasteiger partial charge on any atom is 0.243 e. The Morgan fingerprint density at radius 1 is 0.973 bits per heavy atom.